The van der Waals surface area contributed by atoms with Crippen LogP contribution in [0, 0.1) is 0 Å². The van der Waals surface area contributed by atoms with Gasteiger partial charge in [0.1, 0.15) is 5.60 Å². The summed E-state index contributed by atoms with van der Waals surface area (Å²) in [6.07, 6.45) is -1.10. The van der Waals surface area contributed by atoms with Gasteiger partial charge in [-0.05, 0) is 18.2 Å². The maximum absolute atomic E-state index is 12.0. The summed E-state index contributed by atoms with van der Waals surface area (Å²) in [6.45, 7) is 0.626. The van der Waals surface area contributed by atoms with Crippen molar-refractivity contribution in [3.8, 4) is 0 Å². The fourth-order valence-corrected chi connectivity index (χ4v) is 2.32. The lowest BCUT2D eigenvalue weighted by atomic mass is 9.88. The van der Waals surface area contributed by atoms with Crippen molar-refractivity contribution >= 4 is 34.8 Å². The third kappa shape index (κ3) is 3.42. The molecule has 1 heterocycles. The van der Waals surface area contributed by atoms with Crippen molar-refractivity contribution in [1.82, 2.24) is 0 Å². The Balaban J connectivity index is 2.05. The lowest BCUT2D eigenvalue weighted by Crippen LogP contribution is -2.52. The Labute approximate surface area is 126 Å². The third-order valence-corrected chi connectivity index (χ3v) is 4.04. The Hall–Kier alpha value is -0.850. The summed E-state index contributed by atoms with van der Waals surface area (Å²) >= 11 is 11.6. The van der Waals surface area contributed by atoms with Crippen LogP contribution in [0.2, 0.25) is 10.0 Å². The van der Waals surface area contributed by atoms with E-state index in [1.54, 1.807) is 6.07 Å². The van der Waals surface area contributed by atoms with E-state index in [0.717, 1.165) is 0 Å². The molecule has 0 radical (unpaired) electrons. The van der Waals surface area contributed by atoms with Crippen LogP contribution in [0.25, 0.3) is 0 Å². The first-order valence-electron chi connectivity index (χ1n) is 6.16. The molecule has 5 nitrogen and oxygen atoms in total. The molecule has 0 bridgehead atoms. The molecule has 1 atom stereocenters. The Morgan fingerprint density at radius 3 is 2.55 bits per heavy atom. The van der Waals surface area contributed by atoms with Crippen LogP contribution >= 0.6 is 23.2 Å². The number of aliphatic hydroxyl groups is 2. The van der Waals surface area contributed by atoms with Crippen LogP contribution in [0.5, 0.6) is 0 Å². The predicted octanol–water partition coefficient (Wildman–Crippen LogP) is 1.83. The molecule has 3 N–H and O–H groups in total. The molecule has 0 saturated carbocycles. The van der Waals surface area contributed by atoms with Crippen LogP contribution < -0.4 is 5.32 Å². The summed E-state index contributed by atoms with van der Waals surface area (Å²) < 4.78 is 5.11. The summed E-state index contributed by atoms with van der Waals surface area (Å²) in [5.41, 5.74) is -1.06. The molecule has 0 aromatic heterocycles. The number of anilines is 1. The number of rotatable bonds is 3. The molecule has 1 aromatic carbocycles. The van der Waals surface area contributed by atoms with Crippen LogP contribution in [-0.4, -0.2) is 41.0 Å². The summed E-state index contributed by atoms with van der Waals surface area (Å²) in [4.78, 5) is 12.0. The molecule has 1 amide bonds. The van der Waals surface area contributed by atoms with Gasteiger partial charge in [-0.3, -0.25) is 4.79 Å². The second-order valence-corrected chi connectivity index (χ2v) is 5.55. The highest BCUT2D eigenvalue weighted by Crippen LogP contribution is 2.27. The van der Waals surface area contributed by atoms with Gasteiger partial charge in [0.2, 0.25) is 0 Å². The average Bonchev–Trinajstić information content (AvgIpc) is 2.43. The van der Waals surface area contributed by atoms with Gasteiger partial charge in [0.15, 0.2) is 6.10 Å². The fourth-order valence-electron chi connectivity index (χ4n) is 2.03. The van der Waals surface area contributed by atoms with Crippen molar-refractivity contribution in [3.05, 3.63) is 28.2 Å². The second kappa shape index (κ2) is 6.28. The standard InChI is InChI=1S/C13H15Cl2NO4/c14-9-2-1-8(7-10(9)15)16-12(18)11(17)13(19)3-5-20-6-4-13/h1-2,7,11,17,19H,3-6H2,(H,16,18). The minimum absolute atomic E-state index is 0.211. The van der Waals surface area contributed by atoms with E-state index in [0.29, 0.717) is 28.9 Å². The monoisotopic (exact) mass is 319 g/mol. The van der Waals surface area contributed by atoms with Crippen molar-refractivity contribution in [2.45, 2.75) is 24.5 Å². The van der Waals surface area contributed by atoms with Gasteiger partial charge in [0.05, 0.1) is 10.0 Å². The normalized spacial score (nSPS) is 19.4. The van der Waals surface area contributed by atoms with Gasteiger partial charge in [-0.2, -0.15) is 0 Å². The summed E-state index contributed by atoms with van der Waals surface area (Å²) in [5, 5.41) is 23.4. The van der Waals surface area contributed by atoms with Crippen LogP contribution in [0.1, 0.15) is 12.8 Å². The summed E-state index contributed by atoms with van der Waals surface area (Å²) in [7, 11) is 0. The minimum Gasteiger partial charge on any atom is -0.386 e. The van der Waals surface area contributed by atoms with Crippen molar-refractivity contribution < 1.29 is 19.7 Å². The Kier molecular flexibility index (Phi) is 4.88. The summed E-state index contributed by atoms with van der Waals surface area (Å²) in [5.74, 6) is -0.687. The van der Waals surface area contributed by atoms with E-state index in [1.807, 2.05) is 0 Å². The molecule has 20 heavy (non-hydrogen) atoms. The molecule has 0 aliphatic carbocycles. The zero-order valence-corrected chi connectivity index (χ0v) is 12.1. The largest absolute Gasteiger partial charge is 0.386 e. The lowest BCUT2D eigenvalue weighted by Gasteiger charge is -2.35. The van der Waals surface area contributed by atoms with Gasteiger partial charge in [-0.25, -0.2) is 0 Å². The highest BCUT2D eigenvalue weighted by atomic mass is 35.5. The lowest BCUT2D eigenvalue weighted by molar-refractivity contribution is -0.155. The van der Waals surface area contributed by atoms with Crippen molar-refractivity contribution in [2.75, 3.05) is 18.5 Å². The molecule has 1 unspecified atom stereocenters. The first-order chi connectivity index (χ1) is 9.42. The van der Waals surface area contributed by atoms with Gasteiger partial charge in [0, 0.05) is 31.7 Å². The number of carbonyl (C=O) groups is 1. The number of hydrogen-bond acceptors (Lipinski definition) is 4. The molecule has 2 rings (SSSR count). The maximum Gasteiger partial charge on any atom is 0.256 e. The maximum atomic E-state index is 12.0. The van der Waals surface area contributed by atoms with Crippen LogP contribution in [0.15, 0.2) is 18.2 Å². The van der Waals surface area contributed by atoms with E-state index in [2.05, 4.69) is 5.32 Å². The molecule has 1 aromatic rings. The molecule has 1 saturated heterocycles. The number of halogens is 2. The van der Waals surface area contributed by atoms with Gasteiger partial charge < -0.3 is 20.3 Å². The Bertz CT molecular complexity index is 503. The first-order valence-corrected chi connectivity index (χ1v) is 6.92. The minimum atomic E-state index is -1.53. The molecule has 110 valence electrons. The van der Waals surface area contributed by atoms with Gasteiger partial charge >= 0.3 is 0 Å². The second-order valence-electron chi connectivity index (χ2n) is 4.74. The molecule has 0 spiro atoms. The third-order valence-electron chi connectivity index (χ3n) is 3.30. The van der Waals surface area contributed by atoms with Crippen LogP contribution in [0.4, 0.5) is 5.69 Å². The molecule has 1 aliphatic heterocycles. The smallest absolute Gasteiger partial charge is 0.256 e. The van der Waals surface area contributed by atoms with E-state index in [4.69, 9.17) is 27.9 Å². The van der Waals surface area contributed by atoms with E-state index >= 15 is 0 Å². The van der Waals surface area contributed by atoms with Crippen molar-refractivity contribution in [1.29, 1.82) is 0 Å². The molecular weight excluding hydrogens is 305 g/mol. The van der Waals surface area contributed by atoms with Crippen molar-refractivity contribution in [3.63, 3.8) is 0 Å². The zero-order chi connectivity index (χ0) is 14.8. The SMILES string of the molecule is O=C(Nc1ccc(Cl)c(Cl)c1)C(O)C1(O)CCOCC1. The van der Waals surface area contributed by atoms with Crippen LogP contribution in [0.3, 0.4) is 0 Å². The predicted molar refractivity (Wildman–Crippen MR) is 76.1 cm³/mol. The van der Waals surface area contributed by atoms with Crippen molar-refractivity contribution in [2.24, 2.45) is 0 Å². The highest BCUT2D eigenvalue weighted by molar-refractivity contribution is 6.42. The molecular formula is C13H15Cl2NO4. The molecule has 1 aliphatic rings. The zero-order valence-electron chi connectivity index (χ0n) is 10.6. The summed E-state index contributed by atoms with van der Waals surface area (Å²) in [6, 6.07) is 4.57. The number of nitrogens with one attached hydrogen (secondary N) is 1. The topological polar surface area (TPSA) is 78.8 Å². The first kappa shape index (κ1) is 15.5. The van der Waals surface area contributed by atoms with Gasteiger partial charge in [0.25, 0.3) is 5.91 Å². The number of carbonyl (C=O) groups excluding carboxylic acids is 1. The van der Waals surface area contributed by atoms with E-state index < -0.39 is 17.6 Å². The van der Waals surface area contributed by atoms with Gasteiger partial charge in [-0.1, -0.05) is 23.2 Å². The molecule has 1 fully saturated rings. The number of aliphatic hydroxyl groups excluding tert-OH is 1. The van der Waals surface area contributed by atoms with E-state index in [-0.39, 0.29) is 12.8 Å². The number of benzene rings is 1. The Morgan fingerprint density at radius 1 is 1.30 bits per heavy atom. The van der Waals surface area contributed by atoms with Crippen LogP contribution in [-0.2, 0) is 9.53 Å². The highest BCUT2D eigenvalue weighted by Gasteiger charge is 2.41. The fraction of sp³-hybridized carbons (Fsp3) is 0.462. The Morgan fingerprint density at radius 2 is 1.95 bits per heavy atom. The van der Waals surface area contributed by atoms with E-state index in [9.17, 15) is 15.0 Å². The number of ether oxygens (including phenoxy) is 1. The number of hydrogen-bond donors (Lipinski definition) is 3. The van der Waals surface area contributed by atoms with Gasteiger partial charge in [-0.15, -0.1) is 0 Å². The molecule has 7 heteroatoms. The van der Waals surface area contributed by atoms with E-state index in [1.165, 1.54) is 12.1 Å². The number of amides is 1. The average molecular weight is 320 g/mol. The quantitative estimate of drug-likeness (QED) is 0.794.